The van der Waals surface area contributed by atoms with Gasteiger partial charge in [-0.1, -0.05) is 23.2 Å². The minimum absolute atomic E-state index is 0.0775. The van der Waals surface area contributed by atoms with Crippen molar-refractivity contribution in [3.63, 3.8) is 0 Å². The number of amides is 2. The normalized spacial score (nSPS) is 13.4. The first-order valence-corrected chi connectivity index (χ1v) is 12.1. The van der Waals surface area contributed by atoms with E-state index in [0.717, 1.165) is 5.56 Å². The number of hydrogen-bond acceptors (Lipinski definition) is 8. The number of carbonyl (C=O) groups excluding carboxylic acids is 2. The molecule has 0 radical (unpaired) electrons. The van der Waals surface area contributed by atoms with Gasteiger partial charge >= 0.3 is 0 Å². The molecule has 2 amide bonds. The third-order valence-electron chi connectivity index (χ3n) is 5.57. The Morgan fingerprint density at radius 2 is 1.72 bits per heavy atom. The van der Waals surface area contributed by atoms with Crippen molar-refractivity contribution in [2.24, 2.45) is 0 Å². The van der Waals surface area contributed by atoms with E-state index in [1.165, 1.54) is 19.2 Å². The molecular formula is C24H25Cl2N7O3. The Balaban J connectivity index is 1.51. The maximum Gasteiger partial charge on any atom is 0.259 e. The van der Waals surface area contributed by atoms with E-state index < -0.39 is 0 Å². The molecule has 1 aromatic carbocycles. The van der Waals surface area contributed by atoms with E-state index >= 15 is 0 Å². The number of piperazine rings is 1. The van der Waals surface area contributed by atoms with Gasteiger partial charge in [-0.25, -0.2) is 15.0 Å². The lowest BCUT2D eigenvalue weighted by Gasteiger charge is -2.35. The fraction of sp³-hybridized carbons (Fsp3) is 0.292. The lowest BCUT2D eigenvalue weighted by atomic mass is 10.2. The number of halogens is 2. The van der Waals surface area contributed by atoms with E-state index in [0.29, 0.717) is 61.8 Å². The van der Waals surface area contributed by atoms with Crippen molar-refractivity contribution in [2.45, 2.75) is 6.92 Å². The third kappa shape index (κ3) is 6.32. The van der Waals surface area contributed by atoms with Crippen LogP contribution in [0.2, 0.25) is 10.0 Å². The number of aromatic nitrogens is 3. The summed E-state index contributed by atoms with van der Waals surface area (Å²) in [4.78, 5) is 40.9. The van der Waals surface area contributed by atoms with Crippen LogP contribution in [0.4, 0.5) is 11.6 Å². The molecule has 0 aliphatic carbocycles. The smallest absolute Gasteiger partial charge is 0.259 e. The van der Waals surface area contributed by atoms with Gasteiger partial charge in [-0.3, -0.25) is 9.59 Å². The Morgan fingerprint density at radius 1 is 1.00 bits per heavy atom. The van der Waals surface area contributed by atoms with Crippen LogP contribution in [-0.2, 0) is 4.79 Å². The summed E-state index contributed by atoms with van der Waals surface area (Å²) in [6, 6.07) is 10.5. The zero-order chi connectivity index (χ0) is 25.7. The van der Waals surface area contributed by atoms with Gasteiger partial charge in [0.2, 0.25) is 11.8 Å². The molecule has 0 saturated carbocycles. The molecule has 2 aromatic heterocycles. The predicted octanol–water partition coefficient (Wildman–Crippen LogP) is 3.06. The number of carbonyl (C=O) groups is 2. The first-order valence-electron chi connectivity index (χ1n) is 11.3. The highest BCUT2D eigenvalue weighted by Gasteiger charge is 2.26. The average molecular weight is 530 g/mol. The van der Waals surface area contributed by atoms with Crippen LogP contribution >= 0.6 is 23.2 Å². The van der Waals surface area contributed by atoms with Crippen molar-refractivity contribution in [3.8, 4) is 17.3 Å². The second-order valence-corrected chi connectivity index (χ2v) is 9.03. The largest absolute Gasteiger partial charge is 0.493 e. The zero-order valence-electron chi connectivity index (χ0n) is 19.5. The van der Waals surface area contributed by atoms with Crippen molar-refractivity contribution in [1.29, 1.82) is 0 Å². The zero-order valence-corrected chi connectivity index (χ0v) is 21.1. The van der Waals surface area contributed by atoms with Crippen LogP contribution in [0.1, 0.15) is 17.3 Å². The van der Waals surface area contributed by atoms with E-state index in [1.807, 2.05) is 18.2 Å². The molecule has 1 aliphatic rings. The lowest BCUT2D eigenvalue weighted by molar-refractivity contribution is -0.118. The highest BCUT2D eigenvalue weighted by atomic mass is 35.5. The standard InChI is InChI=1S/C24H25Cl2N7O3/c1-15(34)27-6-7-28-20-13-21(31-22(30-20)16-2-4-17(25)5-3-16)32-8-10-33(11-9-32)24(36)19-12-18(26)14-29-23(19)35/h2-5,12-14H,6-11H2,1H3,(H,27,34)(H,29,35)(H,28,30,31). The van der Waals surface area contributed by atoms with Crippen molar-refractivity contribution in [3.05, 3.63) is 58.2 Å². The van der Waals surface area contributed by atoms with Crippen molar-refractivity contribution < 1.29 is 14.7 Å². The average Bonchev–Trinajstić information content (AvgIpc) is 2.88. The van der Waals surface area contributed by atoms with Crippen LogP contribution < -0.4 is 15.5 Å². The highest BCUT2D eigenvalue weighted by Crippen LogP contribution is 2.26. The Morgan fingerprint density at radius 3 is 2.42 bits per heavy atom. The molecule has 12 heteroatoms. The van der Waals surface area contributed by atoms with E-state index in [4.69, 9.17) is 28.2 Å². The first-order chi connectivity index (χ1) is 17.3. The fourth-order valence-electron chi connectivity index (χ4n) is 3.74. The summed E-state index contributed by atoms with van der Waals surface area (Å²) in [5.41, 5.74) is 0.887. The van der Waals surface area contributed by atoms with Gasteiger partial charge in [-0.15, -0.1) is 0 Å². The summed E-state index contributed by atoms with van der Waals surface area (Å²) in [5.74, 6) is 1.08. The minimum Gasteiger partial charge on any atom is -0.493 e. The van der Waals surface area contributed by atoms with Gasteiger partial charge in [-0.05, 0) is 30.3 Å². The number of hydrogen-bond donors (Lipinski definition) is 3. The molecule has 36 heavy (non-hydrogen) atoms. The van der Waals surface area contributed by atoms with Crippen molar-refractivity contribution >= 4 is 46.7 Å². The number of nitrogens with one attached hydrogen (secondary N) is 2. The second-order valence-electron chi connectivity index (χ2n) is 8.16. The molecule has 1 aliphatic heterocycles. The monoisotopic (exact) mass is 529 g/mol. The Bertz CT molecular complexity index is 1250. The topological polar surface area (TPSA) is 124 Å². The molecule has 4 rings (SSSR count). The summed E-state index contributed by atoms with van der Waals surface area (Å²) in [6.45, 7) is 4.33. The number of nitrogens with zero attached hydrogens (tertiary/aromatic N) is 5. The van der Waals surface area contributed by atoms with E-state index in [1.54, 1.807) is 17.0 Å². The van der Waals surface area contributed by atoms with Gasteiger partial charge in [-0.2, -0.15) is 0 Å². The summed E-state index contributed by atoms with van der Waals surface area (Å²) in [5, 5.41) is 16.9. The lowest BCUT2D eigenvalue weighted by Crippen LogP contribution is -2.49. The van der Waals surface area contributed by atoms with Crippen LogP contribution in [0.3, 0.4) is 0 Å². The Kier molecular flexibility index (Phi) is 8.07. The summed E-state index contributed by atoms with van der Waals surface area (Å²) < 4.78 is 0. The van der Waals surface area contributed by atoms with Gasteiger partial charge in [0.1, 0.15) is 17.2 Å². The Hall–Kier alpha value is -3.63. The van der Waals surface area contributed by atoms with Gasteiger partial charge in [0.05, 0.1) is 5.02 Å². The minimum atomic E-state index is -0.342. The van der Waals surface area contributed by atoms with Crippen LogP contribution in [0, 0.1) is 0 Å². The molecule has 0 unspecified atom stereocenters. The van der Waals surface area contributed by atoms with Crippen molar-refractivity contribution in [2.75, 3.05) is 49.5 Å². The molecule has 0 bridgehead atoms. The molecule has 0 spiro atoms. The number of pyridine rings is 1. The fourth-order valence-corrected chi connectivity index (χ4v) is 4.03. The molecule has 188 valence electrons. The van der Waals surface area contributed by atoms with Crippen molar-refractivity contribution in [1.82, 2.24) is 25.2 Å². The maximum absolute atomic E-state index is 12.9. The second kappa shape index (κ2) is 11.4. The molecule has 3 heterocycles. The van der Waals surface area contributed by atoms with E-state index in [-0.39, 0.29) is 28.3 Å². The molecule has 0 atom stereocenters. The van der Waals surface area contributed by atoms with Gasteiger partial charge < -0.3 is 25.5 Å². The molecule has 1 fully saturated rings. The summed E-state index contributed by atoms with van der Waals surface area (Å²) >= 11 is 12.0. The Labute approximate surface area is 218 Å². The molecule has 3 aromatic rings. The van der Waals surface area contributed by atoms with Crippen LogP contribution in [0.25, 0.3) is 11.4 Å². The van der Waals surface area contributed by atoms with E-state index in [2.05, 4.69) is 25.5 Å². The number of anilines is 2. The molecule has 3 N–H and O–H groups in total. The maximum atomic E-state index is 12.9. The highest BCUT2D eigenvalue weighted by molar-refractivity contribution is 6.31. The first kappa shape index (κ1) is 25.5. The van der Waals surface area contributed by atoms with E-state index in [9.17, 15) is 14.7 Å². The summed E-state index contributed by atoms with van der Waals surface area (Å²) in [7, 11) is 0. The molecular weight excluding hydrogens is 505 g/mol. The molecule has 1 saturated heterocycles. The number of benzene rings is 1. The summed E-state index contributed by atoms with van der Waals surface area (Å²) in [6.07, 6.45) is 1.29. The number of aromatic hydroxyl groups is 1. The SMILES string of the molecule is CC(=O)NCCNc1cc(N2CCN(C(=O)c3cc(Cl)cnc3O)CC2)nc(-c2ccc(Cl)cc2)n1. The third-order valence-corrected chi connectivity index (χ3v) is 6.03. The number of rotatable bonds is 7. The van der Waals surface area contributed by atoms with Crippen LogP contribution in [-0.4, -0.2) is 76.0 Å². The predicted molar refractivity (Wildman–Crippen MR) is 139 cm³/mol. The van der Waals surface area contributed by atoms with Gasteiger partial charge in [0.25, 0.3) is 5.91 Å². The van der Waals surface area contributed by atoms with Gasteiger partial charge in [0.15, 0.2) is 5.82 Å². The quantitative estimate of drug-likeness (QED) is 0.399. The molecule has 10 nitrogen and oxygen atoms in total. The van der Waals surface area contributed by atoms with Gasteiger partial charge in [0, 0.05) is 69.0 Å². The van der Waals surface area contributed by atoms with Crippen LogP contribution in [0.15, 0.2) is 42.6 Å². The van der Waals surface area contributed by atoms with Crippen LogP contribution in [0.5, 0.6) is 5.88 Å².